The van der Waals surface area contributed by atoms with Crippen molar-refractivity contribution in [2.75, 3.05) is 13.6 Å². The highest BCUT2D eigenvalue weighted by Crippen LogP contribution is 2.31. The van der Waals surface area contributed by atoms with Gasteiger partial charge in [0.15, 0.2) is 6.29 Å². The van der Waals surface area contributed by atoms with E-state index >= 15 is 0 Å². The van der Waals surface area contributed by atoms with Gasteiger partial charge >= 0.3 is 6.03 Å². The van der Waals surface area contributed by atoms with E-state index < -0.39 is 12.2 Å². The molecule has 2 aromatic rings. The fraction of sp³-hybridized carbons (Fsp3) is 0.348. The maximum atomic E-state index is 13.5. The van der Waals surface area contributed by atoms with Crippen molar-refractivity contribution in [1.29, 1.82) is 0 Å². The Morgan fingerprint density at radius 3 is 2.44 bits per heavy atom. The summed E-state index contributed by atoms with van der Waals surface area (Å²) in [6.45, 7) is 3.12. The maximum Gasteiger partial charge on any atom is 0.328 e. The Morgan fingerprint density at radius 1 is 1.03 bits per heavy atom. The number of hydrogen-bond acceptors (Lipinski definition) is 6. The van der Waals surface area contributed by atoms with Gasteiger partial charge in [-0.05, 0) is 30.2 Å². The minimum Gasteiger partial charge on any atom is -0.310 e. The molecule has 0 aliphatic carbocycles. The van der Waals surface area contributed by atoms with Crippen molar-refractivity contribution in [2.45, 2.75) is 38.5 Å². The van der Waals surface area contributed by atoms with Gasteiger partial charge in [0.2, 0.25) is 0 Å². The van der Waals surface area contributed by atoms with Crippen LogP contribution in [0.3, 0.4) is 0 Å². The lowest BCUT2D eigenvalue weighted by Gasteiger charge is -2.42. The average Bonchev–Trinajstić information content (AvgIpc) is 3.17. The monoisotopic (exact) mass is 436 g/mol. The van der Waals surface area contributed by atoms with E-state index in [1.807, 2.05) is 42.3 Å². The van der Waals surface area contributed by atoms with E-state index in [4.69, 9.17) is 0 Å². The van der Waals surface area contributed by atoms with Crippen LogP contribution in [0, 0.1) is 5.82 Å². The zero-order valence-electron chi connectivity index (χ0n) is 18.0. The summed E-state index contributed by atoms with van der Waals surface area (Å²) < 4.78 is 13.3. The van der Waals surface area contributed by atoms with Crippen molar-refractivity contribution >= 4 is 17.6 Å². The van der Waals surface area contributed by atoms with Crippen molar-refractivity contribution < 1.29 is 14.0 Å². The lowest BCUT2D eigenvalue weighted by Crippen LogP contribution is -2.66. The van der Waals surface area contributed by atoms with Gasteiger partial charge in [-0.2, -0.15) is 5.10 Å². The Bertz CT molecular complexity index is 1060. The summed E-state index contributed by atoms with van der Waals surface area (Å²) in [6.07, 6.45) is -0.807. The smallest absolute Gasteiger partial charge is 0.310 e. The van der Waals surface area contributed by atoms with Crippen LogP contribution >= 0.6 is 0 Å². The molecule has 3 unspecified atom stereocenters. The molecular formula is C23H25FN6O2. The van der Waals surface area contributed by atoms with Crippen LogP contribution in [0.5, 0.6) is 0 Å². The summed E-state index contributed by atoms with van der Waals surface area (Å²) in [5.41, 5.74) is 2.67. The fourth-order valence-corrected chi connectivity index (χ4v) is 4.66. The molecule has 3 amide bonds. The number of hydrogen-bond donors (Lipinski definition) is 1. The highest BCUT2D eigenvalue weighted by molar-refractivity contribution is 6.01. The Morgan fingerprint density at radius 2 is 1.72 bits per heavy atom. The normalized spacial score (nSPS) is 25.7. The Kier molecular flexibility index (Phi) is 5.15. The van der Waals surface area contributed by atoms with E-state index in [-0.39, 0.29) is 30.6 Å². The Hall–Kier alpha value is -3.30. The van der Waals surface area contributed by atoms with Crippen LogP contribution in [-0.4, -0.2) is 69.4 Å². The molecule has 8 nitrogen and oxygen atoms in total. The first-order valence-corrected chi connectivity index (χ1v) is 10.6. The number of nitrogens with zero attached hydrogens (tertiary/aromatic N) is 5. The third-order valence-corrected chi connectivity index (χ3v) is 6.19. The molecule has 9 heteroatoms. The molecule has 3 aliphatic rings. The Labute approximate surface area is 185 Å². The number of likely N-dealkylation sites (N-methyl/N-ethyl adjacent to an activating group) is 1. The third kappa shape index (κ3) is 3.53. The molecule has 5 rings (SSSR count). The van der Waals surface area contributed by atoms with Crippen molar-refractivity contribution in [3.8, 4) is 0 Å². The largest absolute Gasteiger partial charge is 0.328 e. The van der Waals surface area contributed by atoms with Crippen LogP contribution in [0.15, 0.2) is 59.7 Å². The van der Waals surface area contributed by atoms with Crippen molar-refractivity contribution in [2.24, 2.45) is 5.10 Å². The molecular weight excluding hydrogens is 411 g/mol. The third-order valence-electron chi connectivity index (χ3n) is 6.19. The predicted molar refractivity (Wildman–Crippen MR) is 116 cm³/mol. The average molecular weight is 436 g/mol. The van der Waals surface area contributed by atoms with E-state index in [1.165, 1.54) is 17.0 Å². The molecule has 0 saturated carbocycles. The van der Waals surface area contributed by atoms with Gasteiger partial charge in [0.1, 0.15) is 18.0 Å². The van der Waals surface area contributed by atoms with Crippen LogP contribution in [0.4, 0.5) is 9.18 Å². The van der Waals surface area contributed by atoms with E-state index in [1.54, 1.807) is 24.1 Å². The first-order chi connectivity index (χ1) is 15.4. The second kappa shape index (κ2) is 7.99. The summed E-state index contributed by atoms with van der Waals surface area (Å²) in [5.74, 6) is -0.503. The molecule has 3 atom stereocenters. The number of carbonyl (C=O) groups excluding carboxylic acids is 2. The zero-order chi connectivity index (χ0) is 22.4. The molecule has 3 aliphatic heterocycles. The molecule has 3 heterocycles. The first kappa shape index (κ1) is 20.6. The molecule has 0 aromatic heterocycles. The minimum atomic E-state index is -0.521. The second-order valence-corrected chi connectivity index (χ2v) is 8.47. The lowest BCUT2D eigenvalue weighted by atomic mass is 10.1. The number of carbonyl (C=O) groups is 2. The predicted octanol–water partition coefficient (Wildman–Crippen LogP) is 1.99. The molecule has 2 saturated heterocycles. The van der Waals surface area contributed by atoms with E-state index in [0.717, 1.165) is 16.8 Å². The molecule has 2 fully saturated rings. The molecule has 1 N–H and O–H groups in total. The molecule has 32 heavy (non-hydrogen) atoms. The van der Waals surface area contributed by atoms with Gasteiger partial charge in [0.25, 0.3) is 5.91 Å². The maximum absolute atomic E-state index is 13.5. The number of benzene rings is 2. The van der Waals surface area contributed by atoms with Crippen LogP contribution in [0.1, 0.15) is 18.1 Å². The van der Waals surface area contributed by atoms with Crippen LogP contribution in [0.25, 0.3) is 0 Å². The number of imide groups is 1. The van der Waals surface area contributed by atoms with Crippen molar-refractivity contribution in [3.63, 3.8) is 0 Å². The summed E-state index contributed by atoms with van der Waals surface area (Å²) in [6, 6.07) is 15.0. The van der Waals surface area contributed by atoms with E-state index in [2.05, 4.69) is 15.3 Å². The molecule has 166 valence electrons. The van der Waals surface area contributed by atoms with E-state index in [9.17, 15) is 14.0 Å². The lowest BCUT2D eigenvalue weighted by molar-refractivity contribution is -0.139. The highest BCUT2D eigenvalue weighted by Gasteiger charge is 2.56. The van der Waals surface area contributed by atoms with Crippen molar-refractivity contribution in [3.05, 3.63) is 71.5 Å². The fourth-order valence-electron chi connectivity index (χ4n) is 4.66. The standard InChI is InChI=1S/C23H25FN6O2/c1-15-12-28-19-20(25-22(28)30(26-15)14-17-8-10-18(24)11-9-17)27(2)23(32)29(21(19)31)13-16-6-4-3-5-7-16/h3-11,19-20,22,25H,12-14H2,1-2H3. The number of nitrogens with one attached hydrogen (secondary N) is 1. The minimum absolute atomic E-state index is 0.214. The number of amides is 3. The van der Waals surface area contributed by atoms with E-state index in [0.29, 0.717) is 13.1 Å². The van der Waals surface area contributed by atoms with Crippen LogP contribution < -0.4 is 5.32 Å². The van der Waals surface area contributed by atoms with Gasteiger partial charge in [-0.15, -0.1) is 0 Å². The molecule has 2 aromatic carbocycles. The quantitative estimate of drug-likeness (QED) is 0.794. The molecule has 0 spiro atoms. The van der Waals surface area contributed by atoms with Gasteiger partial charge < -0.3 is 4.90 Å². The van der Waals surface area contributed by atoms with Gasteiger partial charge in [-0.3, -0.25) is 20.0 Å². The van der Waals surface area contributed by atoms with Crippen LogP contribution in [0.2, 0.25) is 0 Å². The molecule has 0 bridgehead atoms. The summed E-state index contributed by atoms with van der Waals surface area (Å²) in [4.78, 5) is 31.6. The van der Waals surface area contributed by atoms with Crippen LogP contribution in [-0.2, 0) is 17.9 Å². The van der Waals surface area contributed by atoms with Gasteiger partial charge in [0.05, 0.1) is 13.1 Å². The zero-order valence-corrected chi connectivity index (χ0v) is 18.0. The van der Waals surface area contributed by atoms with Gasteiger partial charge in [-0.1, -0.05) is 42.5 Å². The number of rotatable bonds is 4. The first-order valence-electron chi connectivity index (χ1n) is 10.6. The number of urea groups is 1. The number of halogens is 1. The van der Waals surface area contributed by atoms with Gasteiger partial charge in [0, 0.05) is 19.3 Å². The summed E-state index contributed by atoms with van der Waals surface area (Å²) in [5, 5.41) is 9.96. The Balaban J connectivity index is 1.42. The number of fused-ring (bicyclic) bond motifs is 3. The number of hydrazone groups is 1. The topological polar surface area (TPSA) is 71.5 Å². The van der Waals surface area contributed by atoms with Crippen molar-refractivity contribution in [1.82, 2.24) is 25.0 Å². The SMILES string of the molecule is CC1=NN(Cc2ccc(F)cc2)C2NC3C(C(=O)N(Cc4ccccc4)C(=O)N3C)N2C1. The van der Waals surface area contributed by atoms with Gasteiger partial charge in [-0.25, -0.2) is 14.1 Å². The molecule has 0 radical (unpaired) electrons. The summed E-state index contributed by atoms with van der Waals surface area (Å²) in [7, 11) is 1.72. The second-order valence-electron chi connectivity index (χ2n) is 8.47. The summed E-state index contributed by atoms with van der Waals surface area (Å²) >= 11 is 0. The highest BCUT2D eigenvalue weighted by atomic mass is 19.1.